The number of hydrogen-bond donors (Lipinski definition) is 2. The second-order valence-electron chi connectivity index (χ2n) is 4.21. The fourth-order valence-corrected chi connectivity index (χ4v) is 1.69. The number of nitrogens with one attached hydrogen (secondary N) is 1. The molecule has 0 aliphatic rings. The Kier molecular flexibility index (Phi) is 7.32. The molecule has 5 heteroatoms. The number of aliphatic hydroxyl groups excluding tert-OH is 1. The van der Waals surface area contributed by atoms with Crippen LogP contribution in [-0.4, -0.2) is 41.4 Å². The van der Waals surface area contributed by atoms with E-state index in [0.717, 1.165) is 37.5 Å². The Hall–Kier alpha value is -1.17. The predicted molar refractivity (Wildman–Crippen MR) is 71.1 cm³/mol. The fraction of sp³-hybridized carbons (Fsp3) is 0.615. The Morgan fingerprint density at radius 3 is 3.11 bits per heavy atom. The Bertz CT molecular complexity index is 339. The second kappa shape index (κ2) is 8.85. The van der Waals surface area contributed by atoms with Crippen LogP contribution in [0.2, 0.25) is 0 Å². The minimum Gasteiger partial charge on any atom is -0.395 e. The van der Waals surface area contributed by atoms with Crippen molar-refractivity contribution in [1.82, 2.24) is 15.4 Å². The Balaban J connectivity index is 2.43. The summed E-state index contributed by atoms with van der Waals surface area (Å²) < 4.78 is 5.27. The maximum absolute atomic E-state index is 8.96. The Morgan fingerprint density at radius 2 is 2.44 bits per heavy atom. The van der Waals surface area contributed by atoms with Crippen molar-refractivity contribution in [1.29, 1.82) is 0 Å². The Labute approximate surface area is 108 Å². The van der Waals surface area contributed by atoms with Gasteiger partial charge >= 0.3 is 0 Å². The molecule has 18 heavy (non-hydrogen) atoms. The van der Waals surface area contributed by atoms with E-state index in [1.807, 2.05) is 12.1 Å². The molecule has 1 rings (SSSR count). The highest BCUT2D eigenvalue weighted by Crippen LogP contribution is 2.07. The molecule has 0 spiro atoms. The molecule has 1 heterocycles. The molecule has 0 amide bonds. The van der Waals surface area contributed by atoms with Gasteiger partial charge in [-0.05, 0) is 13.0 Å². The molecular formula is C13H23N3O2. The van der Waals surface area contributed by atoms with Crippen LogP contribution in [0.5, 0.6) is 0 Å². The van der Waals surface area contributed by atoms with E-state index in [-0.39, 0.29) is 6.61 Å². The number of aromatic nitrogens is 1. The van der Waals surface area contributed by atoms with Gasteiger partial charge in [0, 0.05) is 25.7 Å². The van der Waals surface area contributed by atoms with E-state index in [1.54, 1.807) is 0 Å². The maximum Gasteiger partial charge on any atom is 0.151 e. The summed E-state index contributed by atoms with van der Waals surface area (Å²) in [5.41, 5.74) is 0.918. The van der Waals surface area contributed by atoms with Crippen LogP contribution in [0.15, 0.2) is 23.2 Å². The standard InChI is InChI=1S/C13H23N3O2/c1-3-5-14-10-12-9-13(18-15-12)11-16(6-4-2)7-8-17/h4,9,14,17H,2-3,5-8,10-11H2,1H3. The van der Waals surface area contributed by atoms with Crippen molar-refractivity contribution < 1.29 is 9.63 Å². The van der Waals surface area contributed by atoms with Gasteiger partial charge in [0.15, 0.2) is 5.76 Å². The van der Waals surface area contributed by atoms with Crippen LogP contribution in [0.4, 0.5) is 0 Å². The lowest BCUT2D eigenvalue weighted by Gasteiger charge is -2.16. The lowest BCUT2D eigenvalue weighted by atomic mass is 10.3. The minimum atomic E-state index is 0.132. The molecule has 0 saturated heterocycles. The molecule has 0 fully saturated rings. The van der Waals surface area contributed by atoms with Crippen molar-refractivity contribution in [3.05, 3.63) is 30.2 Å². The Morgan fingerprint density at radius 1 is 1.61 bits per heavy atom. The van der Waals surface area contributed by atoms with Gasteiger partial charge in [0.2, 0.25) is 0 Å². The molecule has 0 unspecified atom stereocenters. The highest BCUT2D eigenvalue weighted by Gasteiger charge is 2.08. The molecule has 1 aromatic heterocycles. The highest BCUT2D eigenvalue weighted by molar-refractivity contribution is 5.05. The summed E-state index contributed by atoms with van der Waals surface area (Å²) in [4.78, 5) is 2.05. The van der Waals surface area contributed by atoms with Crippen molar-refractivity contribution in [3.63, 3.8) is 0 Å². The quantitative estimate of drug-likeness (QED) is 0.484. The summed E-state index contributed by atoms with van der Waals surface area (Å²) in [5, 5.41) is 16.2. The number of nitrogens with zero attached hydrogens (tertiary/aromatic N) is 2. The van der Waals surface area contributed by atoms with Gasteiger partial charge in [-0.25, -0.2) is 0 Å². The van der Waals surface area contributed by atoms with Gasteiger partial charge < -0.3 is 14.9 Å². The van der Waals surface area contributed by atoms with Crippen LogP contribution in [-0.2, 0) is 13.1 Å². The molecule has 5 nitrogen and oxygen atoms in total. The topological polar surface area (TPSA) is 61.5 Å². The average molecular weight is 253 g/mol. The van der Waals surface area contributed by atoms with Crippen LogP contribution in [0.25, 0.3) is 0 Å². The van der Waals surface area contributed by atoms with Crippen LogP contribution in [0.1, 0.15) is 24.8 Å². The monoisotopic (exact) mass is 253 g/mol. The third-order valence-electron chi connectivity index (χ3n) is 2.52. The third-order valence-corrected chi connectivity index (χ3v) is 2.52. The van der Waals surface area contributed by atoms with Gasteiger partial charge in [-0.3, -0.25) is 4.90 Å². The molecule has 0 aliphatic heterocycles. The SMILES string of the molecule is C=CCN(CCO)Cc1cc(CNCCC)no1. The average Bonchev–Trinajstić information content (AvgIpc) is 2.78. The normalized spacial score (nSPS) is 11.1. The molecular weight excluding hydrogens is 230 g/mol. The molecule has 0 bridgehead atoms. The van der Waals surface area contributed by atoms with Gasteiger partial charge in [0.1, 0.15) is 0 Å². The van der Waals surface area contributed by atoms with E-state index in [1.165, 1.54) is 0 Å². The summed E-state index contributed by atoms with van der Waals surface area (Å²) in [5.74, 6) is 0.818. The zero-order valence-electron chi connectivity index (χ0n) is 11.1. The molecule has 2 N–H and O–H groups in total. The zero-order chi connectivity index (χ0) is 13.2. The molecule has 1 aromatic rings. The third kappa shape index (κ3) is 5.44. The van der Waals surface area contributed by atoms with Gasteiger partial charge in [-0.1, -0.05) is 18.2 Å². The summed E-state index contributed by atoms with van der Waals surface area (Å²) >= 11 is 0. The molecule has 102 valence electrons. The van der Waals surface area contributed by atoms with Crippen molar-refractivity contribution in [3.8, 4) is 0 Å². The van der Waals surface area contributed by atoms with E-state index in [4.69, 9.17) is 9.63 Å². The molecule has 0 aliphatic carbocycles. The van der Waals surface area contributed by atoms with Crippen LogP contribution < -0.4 is 5.32 Å². The van der Waals surface area contributed by atoms with Gasteiger partial charge in [-0.2, -0.15) is 0 Å². The van der Waals surface area contributed by atoms with Gasteiger partial charge in [0.25, 0.3) is 0 Å². The van der Waals surface area contributed by atoms with E-state index in [0.29, 0.717) is 13.1 Å². The maximum atomic E-state index is 8.96. The van der Waals surface area contributed by atoms with Crippen LogP contribution >= 0.6 is 0 Å². The van der Waals surface area contributed by atoms with E-state index in [9.17, 15) is 0 Å². The van der Waals surface area contributed by atoms with Crippen molar-refractivity contribution in [2.24, 2.45) is 0 Å². The molecule has 0 radical (unpaired) electrons. The van der Waals surface area contributed by atoms with Crippen molar-refractivity contribution in [2.45, 2.75) is 26.4 Å². The fourth-order valence-electron chi connectivity index (χ4n) is 1.69. The smallest absolute Gasteiger partial charge is 0.151 e. The van der Waals surface area contributed by atoms with E-state index in [2.05, 4.69) is 28.9 Å². The first-order chi connectivity index (χ1) is 8.80. The summed E-state index contributed by atoms with van der Waals surface area (Å²) in [6.07, 6.45) is 2.92. The van der Waals surface area contributed by atoms with E-state index < -0.39 is 0 Å². The summed E-state index contributed by atoms with van der Waals surface area (Å²) in [7, 11) is 0. The number of rotatable bonds is 10. The van der Waals surface area contributed by atoms with Crippen molar-refractivity contribution >= 4 is 0 Å². The molecule has 0 aromatic carbocycles. The minimum absolute atomic E-state index is 0.132. The predicted octanol–water partition coefficient (Wildman–Crippen LogP) is 1.15. The molecule has 0 atom stereocenters. The number of aliphatic hydroxyl groups is 1. The van der Waals surface area contributed by atoms with E-state index >= 15 is 0 Å². The lowest BCUT2D eigenvalue weighted by molar-refractivity contribution is 0.189. The first-order valence-electron chi connectivity index (χ1n) is 6.39. The zero-order valence-corrected chi connectivity index (χ0v) is 11.1. The van der Waals surface area contributed by atoms with Crippen LogP contribution in [0, 0.1) is 0 Å². The largest absolute Gasteiger partial charge is 0.395 e. The second-order valence-corrected chi connectivity index (χ2v) is 4.21. The van der Waals surface area contributed by atoms with Crippen LogP contribution in [0.3, 0.4) is 0 Å². The first-order valence-corrected chi connectivity index (χ1v) is 6.39. The van der Waals surface area contributed by atoms with Gasteiger partial charge in [0.05, 0.1) is 18.8 Å². The number of hydrogen-bond acceptors (Lipinski definition) is 5. The lowest BCUT2D eigenvalue weighted by Crippen LogP contribution is -2.26. The van der Waals surface area contributed by atoms with Gasteiger partial charge in [-0.15, -0.1) is 6.58 Å². The first kappa shape index (κ1) is 14.9. The summed E-state index contributed by atoms with van der Waals surface area (Å²) in [6.45, 7) is 9.66. The summed E-state index contributed by atoms with van der Waals surface area (Å²) in [6, 6.07) is 1.95. The van der Waals surface area contributed by atoms with Crippen molar-refractivity contribution in [2.75, 3.05) is 26.2 Å². The molecule has 0 saturated carbocycles. The highest BCUT2D eigenvalue weighted by atomic mass is 16.5.